The predicted molar refractivity (Wildman–Crippen MR) is 179 cm³/mol. The van der Waals surface area contributed by atoms with E-state index in [0.717, 1.165) is 6.92 Å². The largest absolute Gasteiger partial charge is 0.394 e. The maximum Gasteiger partial charge on any atom is 0.245 e. The molecule has 22 heteroatoms. The summed E-state index contributed by atoms with van der Waals surface area (Å²) in [4.78, 5) is 116. The number of hydrogen-bond donors (Lipinski definition) is 13. The van der Waals surface area contributed by atoms with Gasteiger partial charge in [-0.2, -0.15) is 0 Å². The van der Waals surface area contributed by atoms with E-state index < -0.39 is 140 Å². The molecule has 0 bridgehead atoms. The molecule has 0 aliphatic carbocycles. The first kappa shape index (κ1) is 44.1. The number of hydrogen-bond acceptors (Lipinski definition) is 17. The van der Waals surface area contributed by atoms with Crippen LogP contribution in [0.4, 0.5) is 0 Å². The van der Waals surface area contributed by atoms with Gasteiger partial charge in [-0.1, -0.05) is 30.3 Å². The number of carbonyl (C=O) groups excluding carboxylic acids is 9. The van der Waals surface area contributed by atoms with Crippen LogP contribution in [0.2, 0.25) is 0 Å². The summed E-state index contributed by atoms with van der Waals surface area (Å²) in [5, 5.41) is 48.3. The number of nitrogens with one attached hydrogen (secondary N) is 7. The average Bonchev–Trinajstić information content (AvgIpc) is 3.13. The van der Waals surface area contributed by atoms with Crippen molar-refractivity contribution >= 4 is 52.7 Å². The zero-order valence-electron chi connectivity index (χ0n) is 28.6. The molecule has 1 heterocycles. The van der Waals surface area contributed by atoms with Crippen LogP contribution in [0.5, 0.6) is 0 Å². The fourth-order valence-corrected chi connectivity index (χ4v) is 4.96. The van der Waals surface area contributed by atoms with E-state index in [4.69, 9.17) is 11.6 Å². The number of Topliss-reactive ketones (excluding diaryl/α,β-unsaturated/α-hetero) is 4. The Bertz CT molecular complexity index is 1510. The Morgan fingerprint density at radius 3 is 1.98 bits per heavy atom. The molecule has 0 radical (unpaired) electrons. The van der Waals surface area contributed by atoms with Gasteiger partial charge in [0, 0.05) is 6.42 Å². The number of ketones is 4. The van der Waals surface area contributed by atoms with Crippen molar-refractivity contribution in [1.29, 1.82) is 0 Å². The SMILES string of the molecule is C[C@@H](O)[C@@H]1NC(=O)[C@H](CO)NNC(C(=O)N[C@@H](CO)C(=O)C(=O)[C@H](Cc2ccccc2)NN)CCC(=O)NC(CO)C(=O)C(=O)[C@H](CC(N)=O)NC1=O. The molecule has 0 saturated carbocycles. The van der Waals surface area contributed by atoms with Crippen LogP contribution in [0, 0.1) is 0 Å². The summed E-state index contributed by atoms with van der Waals surface area (Å²) in [7, 11) is 0. The van der Waals surface area contributed by atoms with Gasteiger partial charge >= 0.3 is 0 Å². The maximum atomic E-state index is 13.4. The Morgan fingerprint density at radius 1 is 0.830 bits per heavy atom. The maximum absolute atomic E-state index is 13.4. The number of amides is 5. The second-order valence-corrected chi connectivity index (χ2v) is 12.0. The third kappa shape index (κ3) is 13.1. The second kappa shape index (κ2) is 21.5. The number of carbonyl (C=O) groups is 9. The summed E-state index contributed by atoms with van der Waals surface area (Å²) in [5.74, 6) is -5.49. The Labute approximate surface area is 302 Å². The van der Waals surface area contributed by atoms with Crippen LogP contribution in [-0.4, -0.2) is 141 Å². The number of benzene rings is 1. The third-order valence-corrected chi connectivity index (χ3v) is 7.94. The lowest BCUT2D eigenvalue weighted by Crippen LogP contribution is -2.63. The van der Waals surface area contributed by atoms with Gasteiger partial charge in [-0.05, 0) is 25.3 Å². The second-order valence-electron chi connectivity index (χ2n) is 12.0. The molecule has 15 N–H and O–H groups in total. The lowest BCUT2D eigenvalue weighted by atomic mass is 9.97. The standard InChI is InChI=1S/C31H45N9O13/c1-14(44)24-31(53)35-17(10-22(32)45)25(47)27(49)19(11-41)34-23(46)8-7-16(39-40-21(13-43)30(52)37-24)29(51)36-20(12-42)28(50)26(48)18(38-33)9-15-5-3-2-4-6-15/h2-6,14,16-21,24,38-44H,7-13,33H2,1H3,(H2,32,45)(H,34,46)(H,35,53)(H,36,51)(H,37,52)/t14-,16?,17+,18+,19?,20+,21+,24+/m1/s1. The number of rotatable bonds is 14. The van der Waals surface area contributed by atoms with Crippen molar-refractivity contribution in [3.8, 4) is 0 Å². The van der Waals surface area contributed by atoms with Crippen molar-refractivity contribution in [2.75, 3.05) is 19.8 Å². The molecule has 53 heavy (non-hydrogen) atoms. The van der Waals surface area contributed by atoms with Gasteiger partial charge in [0.05, 0.1) is 38.4 Å². The first-order valence-electron chi connectivity index (χ1n) is 16.2. The van der Waals surface area contributed by atoms with Crippen molar-refractivity contribution in [3.05, 3.63) is 35.9 Å². The molecule has 1 saturated heterocycles. The van der Waals surface area contributed by atoms with E-state index in [1.807, 2.05) is 5.32 Å². The van der Waals surface area contributed by atoms with Gasteiger partial charge in [0.25, 0.3) is 0 Å². The topological polar surface area (TPSA) is 371 Å². The molecule has 8 atom stereocenters. The highest BCUT2D eigenvalue weighted by Gasteiger charge is 2.38. The predicted octanol–water partition coefficient (Wildman–Crippen LogP) is -7.87. The molecule has 5 amide bonds. The molecule has 2 unspecified atom stereocenters. The Balaban J connectivity index is 2.40. The summed E-state index contributed by atoms with van der Waals surface area (Å²) < 4.78 is 0. The van der Waals surface area contributed by atoms with Crippen LogP contribution >= 0.6 is 0 Å². The first-order valence-corrected chi connectivity index (χ1v) is 16.2. The summed E-state index contributed by atoms with van der Waals surface area (Å²) in [6.07, 6.45) is -3.78. The quantitative estimate of drug-likeness (QED) is 0.0477. The van der Waals surface area contributed by atoms with E-state index in [9.17, 15) is 63.6 Å². The highest BCUT2D eigenvalue weighted by Crippen LogP contribution is 2.08. The van der Waals surface area contributed by atoms with Crippen molar-refractivity contribution in [2.45, 2.75) is 81.0 Å². The van der Waals surface area contributed by atoms with Crippen molar-refractivity contribution in [3.63, 3.8) is 0 Å². The van der Waals surface area contributed by atoms with Crippen LogP contribution in [-0.2, 0) is 49.6 Å². The molecule has 2 rings (SSSR count). The third-order valence-electron chi connectivity index (χ3n) is 7.94. The van der Waals surface area contributed by atoms with Crippen LogP contribution < -0.4 is 49.1 Å². The minimum atomic E-state index is -1.95. The van der Waals surface area contributed by atoms with E-state index in [0.29, 0.717) is 5.56 Å². The number of aliphatic hydroxyl groups excluding tert-OH is 4. The van der Waals surface area contributed by atoms with E-state index >= 15 is 0 Å². The van der Waals surface area contributed by atoms with Crippen molar-refractivity contribution < 1.29 is 63.6 Å². The molecule has 0 aromatic heterocycles. The Hall–Kier alpha value is -5.07. The summed E-state index contributed by atoms with van der Waals surface area (Å²) >= 11 is 0. The summed E-state index contributed by atoms with van der Waals surface area (Å²) in [6, 6.07) is -3.59. The summed E-state index contributed by atoms with van der Waals surface area (Å²) in [5.41, 5.74) is 12.8. The van der Waals surface area contributed by atoms with Gasteiger partial charge in [-0.3, -0.25) is 49.0 Å². The van der Waals surface area contributed by atoms with Crippen LogP contribution in [0.25, 0.3) is 0 Å². The summed E-state index contributed by atoms with van der Waals surface area (Å²) in [6.45, 7) is -2.12. The van der Waals surface area contributed by atoms with Crippen molar-refractivity contribution in [1.82, 2.24) is 37.5 Å². The molecule has 1 fully saturated rings. The molecular formula is C31H45N9O13. The van der Waals surface area contributed by atoms with Gasteiger partial charge in [0.2, 0.25) is 52.7 Å². The molecule has 22 nitrogen and oxygen atoms in total. The van der Waals surface area contributed by atoms with Gasteiger partial charge < -0.3 is 47.4 Å². The van der Waals surface area contributed by atoms with Crippen LogP contribution in [0.3, 0.4) is 0 Å². The first-order chi connectivity index (χ1) is 25.1. The lowest BCUT2D eigenvalue weighted by molar-refractivity contribution is -0.143. The highest BCUT2D eigenvalue weighted by molar-refractivity contribution is 6.42. The average molecular weight is 752 g/mol. The molecular weight excluding hydrogens is 706 g/mol. The molecule has 1 aromatic carbocycles. The lowest BCUT2D eigenvalue weighted by Gasteiger charge is -2.27. The van der Waals surface area contributed by atoms with E-state index in [1.165, 1.54) is 0 Å². The van der Waals surface area contributed by atoms with Crippen molar-refractivity contribution in [2.24, 2.45) is 11.6 Å². The minimum absolute atomic E-state index is 0.0197. The van der Waals surface area contributed by atoms with Gasteiger partial charge in [-0.15, -0.1) is 0 Å². The van der Waals surface area contributed by atoms with Gasteiger partial charge in [0.1, 0.15) is 36.3 Å². The number of hydrazine groups is 2. The Kier molecular flexibility index (Phi) is 17.8. The van der Waals surface area contributed by atoms with E-state index in [1.54, 1.807) is 30.3 Å². The molecule has 1 aliphatic heterocycles. The highest BCUT2D eigenvalue weighted by atomic mass is 16.3. The molecule has 1 aliphatic rings. The fourth-order valence-electron chi connectivity index (χ4n) is 4.96. The van der Waals surface area contributed by atoms with E-state index in [2.05, 4.69) is 32.2 Å². The van der Waals surface area contributed by atoms with E-state index in [-0.39, 0.29) is 6.42 Å². The smallest absolute Gasteiger partial charge is 0.245 e. The molecule has 292 valence electrons. The van der Waals surface area contributed by atoms with Gasteiger partial charge in [0.15, 0.2) is 0 Å². The zero-order chi connectivity index (χ0) is 39.8. The fraction of sp³-hybridized carbons (Fsp3) is 0.516. The molecule has 0 spiro atoms. The van der Waals surface area contributed by atoms with Crippen LogP contribution in [0.15, 0.2) is 30.3 Å². The molecule has 1 aromatic rings. The number of nitrogens with two attached hydrogens (primary N) is 2. The minimum Gasteiger partial charge on any atom is -0.394 e. The monoisotopic (exact) mass is 751 g/mol. The zero-order valence-corrected chi connectivity index (χ0v) is 28.6. The van der Waals surface area contributed by atoms with Crippen LogP contribution in [0.1, 0.15) is 31.7 Å². The number of aliphatic hydroxyl groups is 4. The normalized spacial score (nSPS) is 24.0. The Morgan fingerprint density at radius 2 is 1.43 bits per heavy atom. The number of primary amides is 1. The van der Waals surface area contributed by atoms with Gasteiger partial charge in [-0.25, -0.2) is 16.3 Å².